The van der Waals surface area contributed by atoms with Gasteiger partial charge >= 0.3 is 0 Å². The molecule has 3 heteroatoms. The van der Waals surface area contributed by atoms with Crippen molar-refractivity contribution in [3.8, 4) is 0 Å². The van der Waals surface area contributed by atoms with Gasteiger partial charge in [-0.1, -0.05) is 26.0 Å². The molecule has 0 amide bonds. The summed E-state index contributed by atoms with van der Waals surface area (Å²) >= 11 is 0. The number of rotatable bonds is 4. The van der Waals surface area contributed by atoms with E-state index in [1.807, 2.05) is 12.1 Å². The van der Waals surface area contributed by atoms with E-state index in [0.29, 0.717) is 12.0 Å². The summed E-state index contributed by atoms with van der Waals surface area (Å²) in [7, 11) is 0. The van der Waals surface area contributed by atoms with Crippen LogP contribution in [-0.2, 0) is 0 Å². The number of nitrogens with zero attached hydrogens (tertiary/aromatic N) is 1. The Balaban J connectivity index is 2.06. The number of hydrogen-bond acceptors (Lipinski definition) is 2. The SMILES string of the molecule is CCCNC1CC(C)CN(c2ccccc2F)C1. The van der Waals surface area contributed by atoms with Crippen LogP contribution in [0.5, 0.6) is 0 Å². The van der Waals surface area contributed by atoms with Gasteiger partial charge in [-0.2, -0.15) is 0 Å². The minimum Gasteiger partial charge on any atom is -0.367 e. The summed E-state index contributed by atoms with van der Waals surface area (Å²) in [5.41, 5.74) is 0.743. The van der Waals surface area contributed by atoms with Gasteiger partial charge in [0.2, 0.25) is 0 Å². The van der Waals surface area contributed by atoms with E-state index in [4.69, 9.17) is 0 Å². The molecule has 2 unspecified atom stereocenters. The highest BCUT2D eigenvalue weighted by molar-refractivity contribution is 5.48. The monoisotopic (exact) mass is 250 g/mol. The average molecular weight is 250 g/mol. The zero-order chi connectivity index (χ0) is 13.0. The summed E-state index contributed by atoms with van der Waals surface area (Å²) < 4.78 is 13.8. The standard InChI is InChI=1S/C15H23FN2/c1-3-8-17-13-9-12(2)10-18(11-13)15-7-5-4-6-14(15)16/h4-7,12-13,17H,3,8-11H2,1-2H3. The van der Waals surface area contributed by atoms with E-state index in [9.17, 15) is 4.39 Å². The molecule has 1 heterocycles. The molecule has 0 aromatic heterocycles. The minimum atomic E-state index is -0.110. The molecule has 1 aliphatic rings. The predicted molar refractivity (Wildman–Crippen MR) is 74.5 cm³/mol. The van der Waals surface area contributed by atoms with Gasteiger partial charge in [-0.25, -0.2) is 4.39 Å². The first-order valence-electron chi connectivity index (χ1n) is 6.93. The maximum absolute atomic E-state index is 13.8. The molecule has 2 rings (SSSR count). The second kappa shape index (κ2) is 6.19. The van der Waals surface area contributed by atoms with Crippen LogP contribution in [0.25, 0.3) is 0 Å². The van der Waals surface area contributed by atoms with Crippen LogP contribution in [0.2, 0.25) is 0 Å². The fraction of sp³-hybridized carbons (Fsp3) is 0.600. The molecular weight excluding hydrogens is 227 g/mol. The Kier molecular flexibility index (Phi) is 4.59. The number of hydrogen-bond donors (Lipinski definition) is 1. The van der Waals surface area contributed by atoms with E-state index in [-0.39, 0.29) is 5.82 Å². The first kappa shape index (κ1) is 13.3. The van der Waals surface area contributed by atoms with Gasteiger partial charge in [0.05, 0.1) is 5.69 Å². The van der Waals surface area contributed by atoms with Crippen LogP contribution in [0.4, 0.5) is 10.1 Å². The van der Waals surface area contributed by atoms with Gasteiger partial charge in [-0.3, -0.25) is 0 Å². The highest BCUT2D eigenvalue weighted by atomic mass is 19.1. The molecule has 0 aliphatic carbocycles. The molecule has 1 fully saturated rings. The molecule has 2 nitrogen and oxygen atoms in total. The van der Waals surface area contributed by atoms with Crippen LogP contribution in [0.15, 0.2) is 24.3 Å². The highest BCUT2D eigenvalue weighted by Crippen LogP contribution is 2.25. The van der Waals surface area contributed by atoms with E-state index < -0.39 is 0 Å². The summed E-state index contributed by atoms with van der Waals surface area (Å²) in [4.78, 5) is 2.18. The van der Waals surface area contributed by atoms with Crippen LogP contribution in [-0.4, -0.2) is 25.7 Å². The van der Waals surface area contributed by atoms with Crippen molar-refractivity contribution in [2.45, 2.75) is 32.7 Å². The average Bonchev–Trinajstić information content (AvgIpc) is 2.36. The normalized spacial score (nSPS) is 24.3. The van der Waals surface area contributed by atoms with Gasteiger partial charge in [-0.15, -0.1) is 0 Å². The second-order valence-electron chi connectivity index (χ2n) is 5.35. The predicted octanol–water partition coefficient (Wildman–Crippen LogP) is 3.04. The maximum Gasteiger partial charge on any atom is 0.146 e. The minimum absolute atomic E-state index is 0.110. The molecule has 0 bridgehead atoms. The molecule has 1 aromatic rings. The fourth-order valence-corrected chi connectivity index (χ4v) is 2.75. The summed E-state index contributed by atoms with van der Waals surface area (Å²) in [6.07, 6.45) is 2.33. The van der Waals surface area contributed by atoms with Crippen molar-refractivity contribution < 1.29 is 4.39 Å². The number of halogens is 1. The Bertz CT molecular complexity index is 381. The number of benzene rings is 1. The van der Waals surface area contributed by atoms with Crippen molar-refractivity contribution in [3.63, 3.8) is 0 Å². The van der Waals surface area contributed by atoms with Crippen molar-refractivity contribution in [1.82, 2.24) is 5.32 Å². The first-order chi connectivity index (χ1) is 8.70. The van der Waals surface area contributed by atoms with Gasteiger partial charge in [0, 0.05) is 19.1 Å². The summed E-state index contributed by atoms with van der Waals surface area (Å²) in [6, 6.07) is 7.56. The van der Waals surface area contributed by atoms with Crippen molar-refractivity contribution >= 4 is 5.69 Å². The third kappa shape index (κ3) is 3.22. The highest BCUT2D eigenvalue weighted by Gasteiger charge is 2.25. The van der Waals surface area contributed by atoms with Crippen molar-refractivity contribution in [3.05, 3.63) is 30.1 Å². The Labute approximate surface area is 109 Å². The van der Waals surface area contributed by atoms with Gasteiger partial charge in [-0.05, 0) is 37.4 Å². The van der Waals surface area contributed by atoms with Gasteiger partial charge in [0.25, 0.3) is 0 Å². The lowest BCUT2D eigenvalue weighted by molar-refractivity contribution is 0.349. The number of para-hydroxylation sites is 1. The molecular formula is C15H23FN2. The molecule has 1 N–H and O–H groups in total. The van der Waals surface area contributed by atoms with E-state index in [2.05, 4.69) is 24.1 Å². The molecule has 1 aliphatic heterocycles. The van der Waals surface area contributed by atoms with Crippen molar-refractivity contribution in [1.29, 1.82) is 0 Å². The van der Waals surface area contributed by atoms with Crippen molar-refractivity contribution in [2.75, 3.05) is 24.5 Å². The van der Waals surface area contributed by atoms with Crippen LogP contribution < -0.4 is 10.2 Å². The lowest BCUT2D eigenvalue weighted by Crippen LogP contribution is -2.49. The third-order valence-corrected chi connectivity index (χ3v) is 3.54. The summed E-state index contributed by atoms with van der Waals surface area (Å²) in [5.74, 6) is 0.494. The first-order valence-corrected chi connectivity index (χ1v) is 6.93. The zero-order valence-corrected chi connectivity index (χ0v) is 11.3. The molecule has 18 heavy (non-hydrogen) atoms. The molecule has 1 aromatic carbocycles. The number of nitrogens with one attached hydrogen (secondary N) is 1. The van der Waals surface area contributed by atoms with Crippen molar-refractivity contribution in [2.24, 2.45) is 5.92 Å². The van der Waals surface area contributed by atoms with Crippen LogP contribution in [0.1, 0.15) is 26.7 Å². The number of piperidine rings is 1. The topological polar surface area (TPSA) is 15.3 Å². The van der Waals surface area contributed by atoms with Gasteiger partial charge < -0.3 is 10.2 Å². The van der Waals surface area contributed by atoms with E-state index in [0.717, 1.165) is 31.7 Å². The van der Waals surface area contributed by atoms with E-state index in [1.165, 1.54) is 6.42 Å². The fourth-order valence-electron chi connectivity index (χ4n) is 2.75. The Morgan fingerprint density at radius 3 is 2.83 bits per heavy atom. The lowest BCUT2D eigenvalue weighted by atomic mass is 9.95. The Morgan fingerprint density at radius 1 is 1.33 bits per heavy atom. The third-order valence-electron chi connectivity index (χ3n) is 3.54. The summed E-state index contributed by atoms with van der Waals surface area (Å²) in [6.45, 7) is 7.32. The van der Waals surface area contributed by atoms with E-state index >= 15 is 0 Å². The second-order valence-corrected chi connectivity index (χ2v) is 5.35. The molecule has 2 atom stereocenters. The van der Waals surface area contributed by atoms with Crippen LogP contribution >= 0.6 is 0 Å². The molecule has 1 saturated heterocycles. The maximum atomic E-state index is 13.8. The Morgan fingerprint density at radius 2 is 2.11 bits per heavy atom. The molecule has 100 valence electrons. The smallest absolute Gasteiger partial charge is 0.146 e. The molecule has 0 spiro atoms. The lowest BCUT2D eigenvalue weighted by Gasteiger charge is -2.38. The summed E-state index contributed by atoms with van der Waals surface area (Å²) in [5, 5.41) is 3.56. The van der Waals surface area contributed by atoms with Gasteiger partial charge in [0.15, 0.2) is 0 Å². The molecule has 0 saturated carbocycles. The van der Waals surface area contributed by atoms with Crippen LogP contribution in [0, 0.1) is 11.7 Å². The zero-order valence-electron chi connectivity index (χ0n) is 11.3. The van der Waals surface area contributed by atoms with Crippen LogP contribution in [0.3, 0.4) is 0 Å². The quantitative estimate of drug-likeness (QED) is 0.883. The number of anilines is 1. The van der Waals surface area contributed by atoms with Gasteiger partial charge in [0.1, 0.15) is 5.82 Å². The van der Waals surface area contributed by atoms with E-state index in [1.54, 1.807) is 12.1 Å². The largest absolute Gasteiger partial charge is 0.367 e. The molecule has 0 radical (unpaired) electrons. The Hall–Kier alpha value is -1.09.